The third-order valence-electron chi connectivity index (χ3n) is 9.22. The predicted molar refractivity (Wildman–Crippen MR) is 187 cm³/mol. The van der Waals surface area contributed by atoms with E-state index in [2.05, 4.69) is 16.0 Å². The van der Waals surface area contributed by atoms with Crippen molar-refractivity contribution < 1.29 is 41.6 Å². The fourth-order valence-corrected chi connectivity index (χ4v) is 6.68. The minimum Gasteiger partial charge on any atom is -0.494 e. The number of carbonyl (C=O) groups excluding carboxylic acids is 4. The van der Waals surface area contributed by atoms with Crippen LogP contribution in [0.1, 0.15) is 54.4 Å². The highest BCUT2D eigenvalue weighted by Gasteiger charge is 2.32. The molecule has 0 spiro atoms. The Kier molecular flexibility index (Phi) is 12.7. The Balaban J connectivity index is 1.39. The molecule has 1 saturated heterocycles. The van der Waals surface area contributed by atoms with E-state index >= 15 is 0 Å². The van der Waals surface area contributed by atoms with E-state index in [1.807, 2.05) is 31.2 Å². The van der Waals surface area contributed by atoms with Crippen molar-refractivity contribution in [3.63, 3.8) is 0 Å². The van der Waals surface area contributed by atoms with Gasteiger partial charge in [0.25, 0.3) is 10.1 Å². The predicted octanol–water partition coefficient (Wildman–Crippen LogP) is 3.68. The maximum Gasteiger partial charge on any atom is 0.408 e. The second-order valence-corrected chi connectivity index (χ2v) is 14.4. The second-order valence-electron chi connectivity index (χ2n) is 13.0. The van der Waals surface area contributed by atoms with Crippen LogP contribution in [0.2, 0.25) is 0 Å². The zero-order chi connectivity index (χ0) is 36.4. The summed E-state index contributed by atoms with van der Waals surface area (Å²) < 4.78 is 43.8. The summed E-state index contributed by atoms with van der Waals surface area (Å²) in [5.41, 5.74) is 3.17. The number of benzene rings is 3. The van der Waals surface area contributed by atoms with E-state index in [-0.39, 0.29) is 49.1 Å². The standard InChI is InChI=1S/C37H44N4O9S/c1-25-9-13-30-20-29(25)22-38-35(43)32(16-12-26-10-14-31(15-11-26)51(46,47)48)39-36(44)33(40-37(45)50-24-28-6-3-2-4-7-28)21-34(42)41-18-5-8-27(23-41)17-19-49-30/h2-4,6-7,9-11,13-15,20,27,32-33H,5,8,12,16-19,21-24H2,1H3,(H,38,43)(H,39,44)(H,40,45)(H,46,47,48)/t27?,32?,33-/m0/s1. The minimum atomic E-state index is -4.39. The van der Waals surface area contributed by atoms with Crippen molar-refractivity contribution in [1.29, 1.82) is 0 Å². The molecule has 13 nitrogen and oxygen atoms in total. The lowest BCUT2D eigenvalue weighted by atomic mass is 9.94. The summed E-state index contributed by atoms with van der Waals surface area (Å²) in [6.45, 7) is 3.50. The first-order chi connectivity index (χ1) is 24.4. The largest absolute Gasteiger partial charge is 0.494 e. The smallest absolute Gasteiger partial charge is 0.408 e. The fourth-order valence-electron chi connectivity index (χ4n) is 6.20. The monoisotopic (exact) mass is 720 g/mol. The molecule has 0 radical (unpaired) electrons. The molecule has 2 heterocycles. The molecule has 4 N–H and O–H groups in total. The Labute approximate surface area is 297 Å². The number of piperidine rings is 1. The number of carbonyl (C=O) groups is 4. The van der Waals surface area contributed by atoms with Crippen molar-refractivity contribution in [1.82, 2.24) is 20.9 Å². The van der Waals surface area contributed by atoms with Crippen LogP contribution in [0, 0.1) is 12.8 Å². The van der Waals surface area contributed by atoms with Gasteiger partial charge in [-0.2, -0.15) is 8.42 Å². The number of aryl methyl sites for hydroxylation is 2. The molecular weight excluding hydrogens is 676 g/mol. The average molecular weight is 721 g/mol. The van der Waals surface area contributed by atoms with Crippen LogP contribution in [0.15, 0.2) is 77.7 Å². The highest BCUT2D eigenvalue weighted by Crippen LogP contribution is 2.23. The topological polar surface area (TPSA) is 180 Å². The van der Waals surface area contributed by atoms with Crippen molar-refractivity contribution in [2.45, 2.75) is 75.6 Å². The molecule has 14 heteroatoms. The number of nitrogens with zero attached hydrogens (tertiary/aromatic N) is 1. The molecule has 51 heavy (non-hydrogen) atoms. The fraction of sp³-hybridized carbons (Fsp3) is 0.405. The third-order valence-corrected chi connectivity index (χ3v) is 10.1. The lowest BCUT2D eigenvalue weighted by molar-refractivity contribution is -0.137. The first kappa shape index (κ1) is 37.3. The normalized spacial score (nSPS) is 20.5. The summed E-state index contributed by atoms with van der Waals surface area (Å²) >= 11 is 0. The Hall–Kier alpha value is -4.95. The van der Waals surface area contributed by atoms with Crippen LogP contribution in [0.25, 0.3) is 0 Å². The van der Waals surface area contributed by atoms with Gasteiger partial charge < -0.3 is 30.3 Å². The van der Waals surface area contributed by atoms with Crippen LogP contribution >= 0.6 is 0 Å². The molecule has 2 unspecified atom stereocenters. The van der Waals surface area contributed by atoms with Crippen LogP contribution in [-0.2, 0) is 48.8 Å². The van der Waals surface area contributed by atoms with Crippen molar-refractivity contribution in [2.24, 2.45) is 5.92 Å². The number of rotatable bonds is 7. The van der Waals surface area contributed by atoms with E-state index in [1.165, 1.54) is 24.3 Å². The number of hydrogen-bond donors (Lipinski definition) is 4. The second kappa shape index (κ2) is 17.3. The van der Waals surface area contributed by atoms with Gasteiger partial charge in [-0.1, -0.05) is 48.5 Å². The van der Waals surface area contributed by atoms with Crippen LogP contribution in [0.5, 0.6) is 5.75 Å². The lowest BCUT2D eigenvalue weighted by Crippen LogP contribution is -2.55. The van der Waals surface area contributed by atoms with Crippen LogP contribution in [-0.4, -0.2) is 73.5 Å². The molecule has 272 valence electrons. The Bertz CT molecular complexity index is 1800. The Morgan fingerprint density at radius 1 is 1.00 bits per heavy atom. The van der Waals surface area contributed by atoms with E-state index in [4.69, 9.17) is 9.47 Å². The highest BCUT2D eigenvalue weighted by molar-refractivity contribution is 7.85. The number of hydrogen-bond acceptors (Lipinski definition) is 8. The molecule has 2 aliphatic rings. The van der Waals surface area contributed by atoms with Gasteiger partial charge in [0, 0.05) is 19.6 Å². The van der Waals surface area contributed by atoms with E-state index in [1.54, 1.807) is 29.2 Å². The van der Waals surface area contributed by atoms with Crippen molar-refractivity contribution >= 4 is 33.9 Å². The van der Waals surface area contributed by atoms with Crippen LogP contribution in [0.4, 0.5) is 4.79 Å². The molecule has 5 rings (SSSR count). The Morgan fingerprint density at radius 3 is 2.51 bits per heavy atom. The number of ether oxygens (including phenoxy) is 2. The third kappa shape index (κ3) is 11.0. The van der Waals surface area contributed by atoms with Crippen LogP contribution in [0.3, 0.4) is 0 Å². The van der Waals surface area contributed by atoms with Gasteiger partial charge in [0.1, 0.15) is 24.4 Å². The summed E-state index contributed by atoms with van der Waals surface area (Å²) in [6, 6.07) is 17.8. The number of amides is 4. The summed E-state index contributed by atoms with van der Waals surface area (Å²) in [5, 5.41) is 8.20. The van der Waals surface area contributed by atoms with E-state index in [9.17, 15) is 32.1 Å². The first-order valence-electron chi connectivity index (χ1n) is 17.1. The molecule has 1 fully saturated rings. The first-order valence-corrected chi connectivity index (χ1v) is 18.5. The average Bonchev–Trinajstić information content (AvgIpc) is 3.12. The molecule has 3 aromatic rings. The summed E-state index contributed by atoms with van der Waals surface area (Å²) in [6.07, 6.45) is 1.57. The minimum absolute atomic E-state index is 0.0488. The molecule has 3 aromatic carbocycles. The Morgan fingerprint density at radius 2 is 1.76 bits per heavy atom. The summed E-state index contributed by atoms with van der Waals surface area (Å²) in [4.78, 5) is 55.6. The van der Waals surface area contributed by atoms with Gasteiger partial charge in [-0.05, 0) is 91.5 Å². The van der Waals surface area contributed by atoms with Gasteiger partial charge in [0.05, 0.1) is 17.9 Å². The number of fused-ring (bicyclic) bond motifs is 4. The maximum atomic E-state index is 13.9. The molecule has 0 aromatic heterocycles. The van der Waals surface area contributed by atoms with E-state index < -0.39 is 40.1 Å². The van der Waals surface area contributed by atoms with E-state index in [0.29, 0.717) is 31.0 Å². The molecule has 4 amide bonds. The van der Waals surface area contributed by atoms with Crippen molar-refractivity contribution in [2.75, 3.05) is 19.7 Å². The van der Waals surface area contributed by atoms with Gasteiger partial charge in [0.15, 0.2) is 0 Å². The quantitative estimate of drug-likeness (QED) is 0.265. The molecule has 0 aliphatic carbocycles. The lowest BCUT2D eigenvalue weighted by Gasteiger charge is -2.34. The van der Waals surface area contributed by atoms with Gasteiger partial charge >= 0.3 is 6.09 Å². The molecule has 3 atom stereocenters. The van der Waals surface area contributed by atoms with Gasteiger partial charge in [-0.15, -0.1) is 0 Å². The zero-order valence-electron chi connectivity index (χ0n) is 28.5. The van der Waals surface area contributed by atoms with Gasteiger partial charge in [0.2, 0.25) is 17.7 Å². The molecular formula is C37H44N4O9S. The summed E-state index contributed by atoms with van der Waals surface area (Å²) in [5.74, 6) is -0.671. The summed E-state index contributed by atoms with van der Waals surface area (Å²) in [7, 11) is -4.39. The zero-order valence-corrected chi connectivity index (χ0v) is 29.3. The van der Waals surface area contributed by atoms with Crippen LogP contribution < -0.4 is 20.7 Å². The van der Waals surface area contributed by atoms with Crippen molar-refractivity contribution in [3.8, 4) is 5.75 Å². The maximum absolute atomic E-state index is 13.9. The molecule has 0 saturated carbocycles. The molecule has 4 bridgehead atoms. The van der Waals surface area contributed by atoms with Gasteiger partial charge in [-0.3, -0.25) is 18.9 Å². The van der Waals surface area contributed by atoms with E-state index in [0.717, 1.165) is 36.0 Å². The van der Waals surface area contributed by atoms with Gasteiger partial charge in [-0.25, -0.2) is 4.79 Å². The highest BCUT2D eigenvalue weighted by atomic mass is 32.2. The van der Waals surface area contributed by atoms with Crippen molar-refractivity contribution in [3.05, 3.63) is 95.1 Å². The SMILES string of the molecule is Cc1ccc2cc1CNC(=O)C(CCc1ccc(S(=O)(=O)O)cc1)NC(=O)[C@@H](NC(=O)OCc1ccccc1)CC(=O)N1CCCC(CCO2)C1. The number of nitrogens with one attached hydrogen (secondary N) is 3. The number of alkyl carbamates (subject to hydrolysis) is 1. The molecule has 2 aliphatic heterocycles.